The third-order valence-corrected chi connectivity index (χ3v) is 4.64. The fourth-order valence-corrected chi connectivity index (χ4v) is 3.17. The molecule has 0 fully saturated rings. The zero-order valence-corrected chi connectivity index (χ0v) is 15.8. The molecule has 1 heterocycles. The normalized spacial score (nSPS) is 11.9. The van der Waals surface area contributed by atoms with Gasteiger partial charge in [0.05, 0.1) is 0 Å². The molecule has 0 radical (unpaired) electrons. The molecule has 3 aromatic rings. The Balaban J connectivity index is 1.31. The minimum atomic E-state index is -0.194. The summed E-state index contributed by atoms with van der Waals surface area (Å²) >= 11 is 6.00. The molecule has 4 rings (SSSR count). The van der Waals surface area contributed by atoms with Crippen molar-refractivity contribution in [3.63, 3.8) is 0 Å². The van der Waals surface area contributed by atoms with Gasteiger partial charge in [0, 0.05) is 28.5 Å². The van der Waals surface area contributed by atoms with E-state index in [0.29, 0.717) is 17.1 Å². The SMILES string of the molecule is O=C(Nc1ccc(NCCc2cccc(Cl)c2)cc1)c1ccc2c(c1)OCO2. The number of halogens is 1. The van der Waals surface area contributed by atoms with E-state index in [2.05, 4.69) is 16.7 Å². The first kappa shape index (κ1) is 18.2. The molecule has 0 saturated carbocycles. The van der Waals surface area contributed by atoms with E-state index >= 15 is 0 Å². The number of anilines is 2. The van der Waals surface area contributed by atoms with Crippen LogP contribution in [0.3, 0.4) is 0 Å². The number of amides is 1. The van der Waals surface area contributed by atoms with Gasteiger partial charge in [0.1, 0.15) is 0 Å². The quantitative estimate of drug-likeness (QED) is 0.619. The van der Waals surface area contributed by atoms with Crippen LogP contribution in [-0.4, -0.2) is 19.2 Å². The van der Waals surface area contributed by atoms with Crippen molar-refractivity contribution >= 4 is 28.9 Å². The molecule has 0 spiro atoms. The monoisotopic (exact) mass is 394 g/mol. The maximum Gasteiger partial charge on any atom is 0.255 e. The Hall–Kier alpha value is -3.18. The molecule has 142 valence electrons. The highest BCUT2D eigenvalue weighted by Gasteiger charge is 2.16. The van der Waals surface area contributed by atoms with E-state index in [-0.39, 0.29) is 12.7 Å². The van der Waals surface area contributed by atoms with Gasteiger partial charge in [-0.25, -0.2) is 0 Å². The van der Waals surface area contributed by atoms with Crippen molar-refractivity contribution in [3.05, 3.63) is 82.9 Å². The molecule has 1 aliphatic rings. The minimum absolute atomic E-state index is 0.187. The van der Waals surface area contributed by atoms with Crippen molar-refractivity contribution in [2.75, 3.05) is 24.0 Å². The molecule has 0 aromatic heterocycles. The summed E-state index contributed by atoms with van der Waals surface area (Å²) in [5.74, 6) is 1.05. The smallest absolute Gasteiger partial charge is 0.255 e. The van der Waals surface area contributed by atoms with Gasteiger partial charge in [-0.2, -0.15) is 0 Å². The zero-order chi connectivity index (χ0) is 19.3. The molecule has 0 bridgehead atoms. The number of hydrogen-bond donors (Lipinski definition) is 2. The number of carbonyl (C=O) groups is 1. The van der Waals surface area contributed by atoms with Crippen LogP contribution in [0.4, 0.5) is 11.4 Å². The van der Waals surface area contributed by atoms with Gasteiger partial charge in [-0.05, 0) is 66.6 Å². The number of carbonyl (C=O) groups excluding carboxylic acids is 1. The molecule has 2 N–H and O–H groups in total. The van der Waals surface area contributed by atoms with Crippen molar-refractivity contribution in [3.8, 4) is 11.5 Å². The third kappa shape index (κ3) is 4.38. The Bertz CT molecular complexity index is 989. The number of ether oxygens (including phenoxy) is 2. The van der Waals surface area contributed by atoms with Gasteiger partial charge < -0.3 is 20.1 Å². The van der Waals surface area contributed by atoms with Gasteiger partial charge >= 0.3 is 0 Å². The fourth-order valence-electron chi connectivity index (χ4n) is 2.96. The molecule has 5 nitrogen and oxygen atoms in total. The Morgan fingerprint density at radius 3 is 2.54 bits per heavy atom. The predicted molar refractivity (Wildman–Crippen MR) is 111 cm³/mol. The van der Waals surface area contributed by atoms with Crippen LogP contribution < -0.4 is 20.1 Å². The van der Waals surface area contributed by atoms with Crippen LogP contribution in [0, 0.1) is 0 Å². The van der Waals surface area contributed by atoms with Gasteiger partial charge in [-0.3, -0.25) is 4.79 Å². The second kappa shape index (κ2) is 8.23. The highest BCUT2D eigenvalue weighted by atomic mass is 35.5. The summed E-state index contributed by atoms with van der Waals surface area (Å²) in [4.78, 5) is 12.4. The number of fused-ring (bicyclic) bond motifs is 1. The molecule has 0 unspecified atom stereocenters. The Morgan fingerprint density at radius 2 is 1.71 bits per heavy atom. The van der Waals surface area contributed by atoms with E-state index in [1.165, 1.54) is 5.56 Å². The van der Waals surface area contributed by atoms with E-state index in [4.69, 9.17) is 21.1 Å². The zero-order valence-electron chi connectivity index (χ0n) is 15.1. The van der Waals surface area contributed by atoms with Crippen LogP contribution in [0.2, 0.25) is 5.02 Å². The highest BCUT2D eigenvalue weighted by Crippen LogP contribution is 2.32. The van der Waals surface area contributed by atoms with Crippen LogP contribution in [-0.2, 0) is 6.42 Å². The molecule has 6 heteroatoms. The average Bonchev–Trinajstić information content (AvgIpc) is 3.17. The Morgan fingerprint density at radius 1 is 0.929 bits per heavy atom. The molecular formula is C22H19ClN2O3. The lowest BCUT2D eigenvalue weighted by Crippen LogP contribution is -2.12. The topological polar surface area (TPSA) is 59.6 Å². The van der Waals surface area contributed by atoms with E-state index in [0.717, 1.165) is 29.4 Å². The fraction of sp³-hybridized carbons (Fsp3) is 0.136. The maximum atomic E-state index is 12.4. The van der Waals surface area contributed by atoms with Gasteiger partial charge in [0.25, 0.3) is 5.91 Å². The average molecular weight is 395 g/mol. The van der Waals surface area contributed by atoms with E-state index in [1.807, 2.05) is 42.5 Å². The van der Waals surface area contributed by atoms with Crippen molar-refractivity contribution in [2.24, 2.45) is 0 Å². The van der Waals surface area contributed by atoms with Crippen molar-refractivity contribution in [2.45, 2.75) is 6.42 Å². The summed E-state index contributed by atoms with van der Waals surface area (Å²) in [5.41, 5.74) is 3.42. The van der Waals surface area contributed by atoms with Crippen molar-refractivity contribution in [1.29, 1.82) is 0 Å². The summed E-state index contributed by atoms with van der Waals surface area (Å²) < 4.78 is 10.6. The first-order valence-corrected chi connectivity index (χ1v) is 9.34. The van der Waals surface area contributed by atoms with E-state index in [1.54, 1.807) is 18.2 Å². The number of benzene rings is 3. The Labute approximate surface area is 168 Å². The molecular weight excluding hydrogens is 376 g/mol. The van der Waals surface area contributed by atoms with E-state index < -0.39 is 0 Å². The third-order valence-electron chi connectivity index (χ3n) is 4.41. The van der Waals surface area contributed by atoms with Crippen molar-refractivity contribution < 1.29 is 14.3 Å². The van der Waals surface area contributed by atoms with Gasteiger partial charge in [0.2, 0.25) is 6.79 Å². The lowest BCUT2D eigenvalue weighted by atomic mass is 10.1. The summed E-state index contributed by atoms with van der Waals surface area (Å²) in [7, 11) is 0. The number of hydrogen-bond acceptors (Lipinski definition) is 4. The lowest BCUT2D eigenvalue weighted by molar-refractivity contribution is 0.102. The standard InChI is InChI=1S/C22H19ClN2O3/c23-17-3-1-2-15(12-17)10-11-24-18-5-7-19(8-6-18)25-22(26)16-4-9-20-21(13-16)28-14-27-20/h1-9,12-13,24H,10-11,14H2,(H,25,26). The van der Waals surface area contributed by atoms with Gasteiger partial charge in [-0.15, -0.1) is 0 Å². The minimum Gasteiger partial charge on any atom is -0.454 e. The van der Waals surface area contributed by atoms with Crippen LogP contribution >= 0.6 is 11.6 Å². The molecule has 1 aliphatic heterocycles. The summed E-state index contributed by atoms with van der Waals surface area (Å²) in [5, 5.41) is 7.00. The molecule has 28 heavy (non-hydrogen) atoms. The lowest BCUT2D eigenvalue weighted by Gasteiger charge is -2.09. The Kier molecular flexibility index (Phi) is 5.35. The molecule has 1 amide bonds. The van der Waals surface area contributed by atoms with Crippen LogP contribution in [0.15, 0.2) is 66.7 Å². The summed E-state index contributed by atoms with van der Waals surface area (Å²) in [6.07, 6.45) is 0.878. The summed E-state index contributed by atoms with van der Waals surface area (Å²) in [6.45, 7) is 0.982. The number of rotatable bonds is 6. The molecule has 0 aliphatic carbocycles. The molecule has 3 aromatic carbocycles. The molecule has 0 atom stereocenters. The predicted octanol–water partition coefficient (Wildman–Crippen LogP) is 4.98. The first-order valence-electron chi connectivity index (χ1n) is 8.97. The molecule has 0 saturated heterocycles. The van der Waals surface area contributed by atoms with Gasteiger partial charge in [0.15, 0.2) is 11.5 Å². The second-order valence-corrected chi connectivity index (χ2v) is 6.84. The summed E-state index contributed by atoms with van der Waals surface area (Å²) in [6, 6.07) is 20.6. The first-order chi connectivity index (χ1) is 13.7. The van der Waals surface area contributed by atoms with Crippen LogP contribution in [0.1, 0.15) is 15.9 Å². The van der Waals surface area contributed by atoms with Gasteiger partial charge in [-0.1, -0.05) is 23.7 Å². The number of nitrogens with one attached hydrogen (secondary N) is 2. The second-order valence-electron chi connectivity index (χ2n) is 6.41. The maximum absolute atomic E-state index is 12.4. The largest absolute Gasteiger partial charge is 0.454 e. The highest BCUT2D eigenvalue weighted by molar-refractivity contribution is 6.30. The van der Waals surface area contributed by atoms with Crippen LogP contribution in [0.25, 0.3) is 0 Å². The van der Waals surface area contributed by atoms with Crippen molar-refractivity contribution in [1.82, 2.24) is 0 Å². The van der Waals surface area contributed by atoms with Crippen LogP contribution in [0.5, 0.6) is 11.5 Å². The van der Waals surface area contributed by atoms with E-state index in [9.17, 15) is 4.79 Å².